The van der Waals surface area contributed by atoms with Gasteiger partial charge in [-0.25, -0.2) is 10.9 Å². The maximum atomic E-state index is 12.2. The van der Waals surface area contributed by atoms with Gasteiger partial charge in [-0.15, -0.1) is 0 Å². The summed E-state index contributed by atoms with van der Waals surface area (Å²) in [5.74, 6) is 5.97. The minimum Gasteiger partial charge on any atom is -0.497 e. The summed E-state index contributed by atoms with van der Waals surface area (Å²) in [5.41, 5.74) is 1.38. The lowest BCUT2D eigenvalue weighted by Crippen LogP contribution is -2.37. The van der Waals surface area contributed by atoms with E-state index in [-0.39, 0.29) is 12.4 Å². The third kappa shape index (κ3) is 4.47. The smallest absolute Gasteiger partial charge is 0.303 e. The number of methoxy groups -OCH3 is 1. The molecule has 3 rings (SSSR count). The van der Waals surface area contributed by atoms with Gasteiger partial charge in [-0.05, 0) is 48.0 Å². The topological polar surface area (TPSA) is 98.9 Å². The second-order valence-electron chi connectivity index (χ2n) is 5.87. The zero-order chi connectivity index (χ0) is 19.4. The molecule has 140 valence electrons. The van der Waals surface area contributed by atoms with Crippen LogP contribution in [0.3, 0.4) is 0 Å². The summed E-state index contributed by atoms with van der Waals surface area (Å²) in [6.45, 7) is -0.0971. The summed E-state index contributed by atoms with van der Waals surface area (Å²) in [7, 11) is 1.54. The van der Waals surface area contributed by atoms with E-state index in [1.165, 1.54) is 0 Å². The molecule has 2 aromatic rings. The van der Waals surface area contributed by atoms with E-state index in [2.05, 4.69) is 0 Å². The first-order valence-corrected chi connectivity index (χ1v) is 9.04. The van der Waals surface area contributed by atoms with Gasteiger partial charge in [0, 0.05) is 5.56 Å². The number of benzene rings is 2. The van der Waals surface area contributed by atoms with Crippen LogP contribution < -0.4 is 15.3 Å². The van der Waals surface area contributed by atoms with Crippen LogP contribution in [0.4, 0.5) is 4.79 Å². The van der Waals surface area contributed by atoms with Gasteiger partial charge in [-0.2, -0.15) is 0 Å². The lowest BCUT2D eigenvalue weighted by Gasteiger charge is -2.09. The molecule has 1 heterocycles. The fraction of sp³-hybridized carbons (Fsp3) is 0.211. The van der Waals surface area contributed by atoms with Crippen LogP contribution in [0.2, 0.25) is 0 Å². The van der Waals surface area contributed by atoms with E-state index in [0.717, 1.165) is 17.3 Å². The molecule has 8 heteroatoms. The van der Waals surface area contributed by atoms with Gasteiger partial charge < -0.3 is 9.47 Å². The van der Waals surface area contributed by atoms with Gasteiger partial charge >= 0.3 is 5.24 Å². The second-order valence-corrected chi connectivity index (χ2v) is 7.03. The SMILES string of the molecule is COc1cccc(C(=O)COc2ccc(CC3SC(=O)N(N)C3=O)cc2)c1. The first-order valence-electron chi connectivity index (χ1n) is 8.16. The number of rotatable bonds is 7. The van der Waals surface area contributed by atoms with Crippen molar-refractivity contribution in [1.29, 1.82) is 0 Å². The molecular weight excluding hydrogens is 368 g/mol. The number of nitrogens with zero attached hydrogens (tertiary/aromatic N) is 1. The number of imide groups is 1. The van der Waals surface area contributed by atoms with Crippen molar-refractivity contribution in [2.75, 3.05) is 13.7 Å². The first-order chi connectivity index (χ1) is 13.0. The van der Waals surface area contributed by atoms with E-state index in [4.69, 9.17) is 15.3 Å². The van der Waals surface area contributed by atoms with E-state index in [0.29, 0.717) is 28.5 Å². The van der Waals surface area contributed by atoms with E-state index in [1.54, 1.807) is 55.6 Å². The third-order valence-corrected chi connectivity index (χ3v) is 5.11. The molecule has 2 amide bonds. The molecule has 1 unspecified atom stereocenters. The minimum atomic E-state index is -0.510. The van der Waals surface area contributed by atoms with Gasteiger partial charge in [0.1, 0.15) is 11.5 Å². The molecule has 2 N–H and O–H groups in total. The molecule has 0 spiro atoms. The summed E-state index contributed by atoms with van der Waals surface area (Å²) in [4.78, 5) is 35.5. The van der Waals surface area contributed by atoms with Gasteiger partial charge in [-0.1, -0.05) is 24.3 Å². The Balaban J connectivity index is 1.55. The highest BCUT2D eigenvalue weighted by molar-refractivity contribution is 8.15. The number of hydrogen-bond donors (Lipinski definition) is 1. The van der Waals surface area contributed by atoms with Crippen LogP contribution >= 0.6 is 11.8 Å². The fourth-order valence-corrected chi connectivity index (χ4v) is 3.50. The number of hydrogen-bond acceptors (Lipinski definition) is 7. The van der Waals surface area contributed by atoms with Crippen LogP contribution in [-0.4, -0.2) is 40.9 Å². The highest BCUT2D eigenvalue weighted by atomic mass is 32.2. The lowest BCUT2D eigenvalue weighted by atomic mass is 10.1. The maximum Gasteiger partial charge on any atom is 0.303 e. The number of nitrogens with two attached hydrogens (primary N) is 1. The average molecular weight is 386 g/mol. The van der Waals surface area contributed by atoms with Crippen molar-refractivity contribution < 1.29 is 23.9 Å². The molecule has 0 bridgehead atoms. The maximum absolute atomic E-state index is 12.2. The van der Waals surface area contributed by atoms with E-state index < -0.39 is 16.4 Å². The Morgan fingerprint density at radius 2 is 1.89 bits per heavy atom. The molecule has 0 saturated carbocycles. The number of Topliss-reactive ketones (excluding diaryl/α,β-unsaturated/α-hetero) is 1. The fourth-order valence-electron chi connectivity index (χ4n) is 2.57. The largest absolute Gasteiger partial charge is 0.497 e. The van der Waals surface area contributed by atoms with Crippen molar-refractivity contribution in [3.05, 3.63) is 59.7 Å². The number of carbonyl (C=O) groups is 3. The summed E-state index contributed by atoms with van der Waals surface area (Å²) in [6.07, 6.45) is 0.395. The van der Waals surface area contributed by atoms with Crippen molar-refractivity contribution >= 4 is 28.7 Å². The van der Waals surface area contributed by atoms with Crippen molar-refractivity contribution in [1.82, 2.24) is 5.01 Å². The van der Waals surface area contributed by atoms with Crippen molar-refractivity contribution in [3.8, 4) is 11.5 Å². The number of amides is 2. The summed E-state index contributed by atoms with van der Waals surface area (Å²) in [5, 5.41) is -0.304. The monoisotopic (exact) mass is 386 g/mol. The average Bonchev–Trinajstić information content (AvgIpc) is 2.94. The van der Waals surface area contributed by atoms with Crippen LogP contribution in [0.25, 0.3) is 0 Å². The van der Waals surface area contributed by atoms with E-state index in [1.807, 2.05) is 0 Å². The standard InChI is InChI=1S/C19H18N2O5S/c1-25-15-4-2-3-13(10-15)16(22)11-26-14-7-5-12(6-8-14)9-17-18(23)21(20)19(24)27-17/h2-8,10,17H,9,11,20H2,1H3. The molecule has 1 saturated heterocycles. The highest BCUT2D eigenvalue weighted by Gasteiger charge is 2.37. The molecule has 0 aliphatic carbocycles. The van der Waals surface area contributed by atoms with E-state index in [9.17, 15) is 14.4 Å². The second kappa shape index (κ2) is 8.24. The van der Waals surface area contributed by atoms with Crippen LogP contribution in [0, 0.1) is 0 Å². The number of thioether (sulfide) groups is 1. The Morgan fingerprint density at radius 1 is 1.15 bits per heavy atom. The molecule has 7 nitrogen and oxygen atoms in total. The molecule has 2 aromatic carbocycles. The lowest BCUT2D eigenvalue weighted by molar-refractivity contribution is -0.126. The Bertz CT molecular complexity index is 869. The molecular formula is C19H18N2O5S. The van der Waals surface area contributed by atoms with Crippen LogP contribution in [0.15, 0.2) is 48.5 Å². The van der Waals surface area contributed by atoms with Crippen molar-refractivity contribution in [3.63, 3.8) is 0 Å². The van der Waals surface area contributed by atoms with Gasteiger partial charge in [-0.3, -0.25) is 14.4 Å². The first kappa shape index (κ1) is 18.9. The van der Waals surface area contributed by atoms with E-state index >= 15 is 0 Å². The van der Waals surface area contributed by atoms with Crippen LogP contribution in [-0.2, 0) is 11.2 Å². The molecule has 27 heavy (non-hydrogen) atoms. The number of ether oxygens (including phenoxy) is 2. The highest BCUT2D eigenvalue weighted by Crippen LogP contribution is 2.27. The molecule has 1 atom stereocenters. The Morgan fingerprint density at radius 3 is 2.52 bits per heavy atom. The number of hydrazine groups is 1. The van der Waals surface area contributed by atoms with Gasteiger partial charge in [0.2, 0.25) is 0 Å². The van der Waals surface area contributed by atoms with Gasteiger partial charge in [0.05, 0.1) is 12.4 Å². The quantitative estimate of drug-likeness (QED) is 0.443. The zero-order valence-corrected chi connectivity index (χ0v) is 15.4. The molecule has 0 aromatic heterocycles. The van der Waals surface area contributed by atoms with Gasteiger partial charge in [0.15, 0.2) is 12.4 Å². The Labute approximate surface area is 160 Å². The summed E-state index contributed by atoms with van der Waals surface area (Å²) < 4.78 is 10.6. The van der Waals surface area contributed by atoms with Crippen LogP contribution in [0.5, 0.6) is 11.5 Å². The minimum absolute atomic E-state index is 0.0971. The summed E-state index contributed by atoms with van der Waals surface area (Å²) in [6, 6.07) is 13.9. The molecule has 1 fully saturated rings. The zero-order valence-electron chi connectivity index (χ0n) is 14.6. The molecule has 1 aliphatic heterocycles. The predicted octanol–water partition coefficient (Wildman–Crippen LogP) is 2.44. The van der Waals surface area contributed by atoms with Crippen molar-refractivity contribution in [2.24, 2.45) is 5.84 Å². The molecule has 1 aliphatic rings. The normalized spacial score (nSPS) is 16.5. The predicted molar refractivity (Wildman–Crippen MR) is 101 cm³/mol. The molecule has 0 radical (unpaired) electrons. The van der Waals surface area contributed by atoms with Crippen LogP contribution in [0.1, 0.15) is 15.9 Å². The number of carbonyl (C=O) groups excluding carboxylic acids is 3. The third-order valence-electron chi connectivity index (χ3n) is 4.06. The number of ketones is 1. The van der Waals surface area contributed by atoms with Gasteiger partial charge in [0.25, 0.3) is 5.91 Å². The van der Waals surface area contributed by atoms with Crippen molar-refractivity contribution in [2.45, 2.75) is 11.7 Å². The Hall–Kier alpha value is -2.84. The summed E-state index contributed by atoms with van der Waals surface area (Å²) >= 11 is 0.922. The Kier molecular flexibility index (Phi) is 5.78.